The predicted octanol–water partition coefficient (Wildman–Crippen LogP) is 2.19. The molecule has 1 aliphatic rings. The summed E-state index contributed by atoms with van der Waals surface area (Å²) in [5.74, 6) is -0.515. The number of hydrogen-bond donors (Lipinski definition) is 2. The van der Waals surface area contributed by atoms with Gasteiger partial charge in [0.15, 0.2) is 9.84 Å². The first-order chi connectivity index (χ1) is 9.63. The van der Waals surface area contributed by atoms with E-state index in [1.807, 2.05) is 12.1 Å². The summed E-state index contributed by atoms with van der Waals surface area (Å²) >= 11 is 0. The molecule has 1 aliphatic heterocycles. The van der Waals surface area contributed by atoms with Crippen LogP contribution in [0.5, 0.6) is 0 Å². The Balaban J connectivity index is 2.31. The monoisotopic (exact) mass is 310 g/mol. The van der Waals surface area contributed by atoms with Gasteiger partial charge < -0.3 is 10.6 Å². The van der Waals surface area contributed by atoms with Crippen molar-refractivity contribution in [3.63, 3.8) is 0 Å². The lowest BCUT2D eigenvalue weighted by atomic mass is 9.98. The molecule has 0 aromatic heterocycles. The minimum absolute atomic E-state index is 0.332. The average molecular weight is 310 g/mol. The van der Waals surface area contributed by atoms with Crippen LogP contribution in [0, 0.1) is 0 Å². The van der Waals surface area contributed by atoms with E-state index in [1.54, 1.807) is 6.07 Å². The summed E-state index contributed by atoms with van der Waals surface area (Å²) in [7, 11) is -3.49. The fourth-order valence-electron chi connectivity index (χ4n) is 2.21. The number of anilines is 2. The zero-order valence-electron chi connectivity index (χ0n) is 12.9. The average Bonchev–Trinajstić information content (AvgIpc) is 2.38. The molecule has 116 valence electrons. The number of nitrogens with one attached hydrogen (secondary N) is 2. The molecule has 21 heavy (non-hydrogen) atoms. The van der Waals surface area contributed by atoms with Crippen molar-refractivity contribution in [2.24, 2.45) is 0 Å². The molecule has 1 unspecified atom stereocenters. The molecule has 2 rings (SSSR count). The number of sulfone groups is 1. The van der Waals surface area contributed by atoms with E-state index in [9.17, 15) is 13.2 Å². The van der Waals surface area contributed by atoms with Crippen LogP contribution in [-0.4, -0.2) is 31.4 Å². The molecular formula is C15H22N2O3S. The summed E-state index contributed by atoms with van der Waals surface area (Å²) in [5.41, 5.74) is 2.68. The fourth-order valence-corrected chi connectivity index (χ4v) is 2.60. The molecule has 0 spiro atoms. The van der Waals surface area contributed by atoms with E-state index in [0.717, 1.165) is 30.3 Å². The standard InChI is InChI=1S/C15H22N2O3S/c1-10-8-9-11-6-5-7-12(13(11)16-10)17-14(18)15(2,3)21(4,19)20/h5-7,10,16H,8-9H2,1-4H3,(H,17,18). The number of fused-ring (bicyclic) bond motifs is 1. The van der Waals surface area contributed by atoms with Crippen LogP contribution in [0.25, 0.3) is 0 Å². The van der Waals surface area contributed by atoms with Crippen molar-refractivity contribution in [3.8, 4) is 0 Å². The van der Waals surface area contributed by atoms with Crippen LogP contribution in [0.1, 0.15) is 32.8 Å². The van der Waals surface area contributed by atoms with Crippen molar-refractivity contribution in [3.05, 3.63) is 23.8 Å². The molecule has 1 aromatic rings. The van der Waals surface area contributed by atoms with Gasteiger partial charge in [-0.1, -0.05) is 12.1 Å². The molecule has 0 radical (unpaired) electrons. The fraction of sp³-hybridized carbons (Fsp3) is 0.533. The van der Waals surface area contributed by atoms with Crippen molar-refractivity contribution in [2.75, 3.05) is 16.9 Å². The first-order valence-corrected chi connectivity index (χ1v) is 8.91. The number of rotatable bonds is 3. The smallest absolute Gasteiger partial charge is 0.245 e. The Morgan fingerprint density at radius 1 is 1.38 bits per heavy atom. The maximum atomic E-state index is 12.3. The second kappa shape index (κ2) is 5.33. The lowest BCUT2D eigenvalue weighted by Crippen LogP contribution is -2.44. The molecule has 1 amide bonds. The highest BCUT2D eigenvalue weighted by Gasteiger charge is 2.38. The second-order valence-electron chi connectivity index (χ2n) is 6.16. The van der Waals surface area contributed by atoms with Crippen LogP contribution in [0.3, 0.4) is 0 Å². The maximum Gasteiger partial charge on any atom is 0.245 e. The SMILES string of the molecule is CC1CCc2cccc(NC(=O)C(C)(C)S(C)(=O)=O)c2N1. The Morgan fingerprint density at radius 3 is 2.67 bits per heavy atom. The number of hydrogen-bond acceptors (Lipinski definition) is 4. The van der Waals surface area contributed by atoms with Crippen molar-refractivity contribution in [2.45, 2.75) is 44.4 Å². The van der Waals surface area contributed by atoms with Gasteiger partial charge in [-0.05, 0) is 45.2 Å². The number of benzene rings is 1. The molecular weight excluding hydrogens is 288 g/mol. The minimum Gasteiger partial charge on any atom is -0.381 e. The highest BCUT2D eigenvalue weighted by molar-refractivity contribution is 7.92. The summed E-state index contributed by atoms with van der Waals surface area (Å²) in [5, 5.41) is 6.12. The summed E-state index contributed by atoms with van der Waals surface area (Å²) in [6.07, 6.45) is 3.06. The number of para-hydroxylation sites is 1. The van der Waals surface area contributed by atoms with E-state index in [-0.39, 0.29) is 0 Å². The molecule has 1 aromatic carbocycles. The predicted molar refractivity (Wildman–Crippen MR) is 85.4 cm³/mol. The highest BCUT2D eigenvalue weighted by Crippen LogP contribution is 2.33. The Bertz CT molecular complexity index is 665. The van der Waals surface area contributed by atoms with E-state index in [0.29, 0.717) is 11.7 Å². The van der Waals surface area contributed by atoms with E-state index in [4.69, 9.17) is 0 Å². The van der Waals surface area contributed by atoms with Gasteiger partial charge in [0.25, 0.3) is 0 Å². The molecule has 0 fully saturated rings. The van der Waals surface area contributed by atoms with Crippen LogP contribution in [0.15, 0.2) is 18.2 Å². The first kappa shape index (κ1) is 15.8. The van der Waals surface area contributed by atoms with Gasteiger partial charge in [-0.3, -0.25) is 4.79 Å². The molecule has 6 heteroatoms. The Labute approximate surface area is 126 Å². The van der Waals surface area contributed by atoms with Crippen LogP contribution in [0.4, 0.5) is 11.4 Å². The zero-order chi connectivity index (χ0) is 15.8. The summed E-state index contributed by atoms with van der Waals surface area (Å²) in [6.45, 7) is 4.92. The molecule has 2 N–H and O–H groups in total. The van der Waals surface area contributed by atoms with E-state index >= 15 is 0 Å². The van der Waals surface area contributed by atoms with Gasteiger partial charge in [0.2, 0.25) is 5.91 Å². The third-order valence-corrected chi connectivity index (χ3v) is 6.15. The van der Waals surface area contributed by atoms with Gasteiger partial charge in [0.1, 0.15) is 4.75 Å². The normalized spacial score (nSPS) is 18.6. The molecule has 0 saturated carbocycles. The van der Waals surface area contributed by atoms with Gasteiger partial charge in [0, 0.05) is 12.3 Å². The summed E-state index contributed by atoms with van der Waals surface area (Å²) < 4.78 is 22.0. The number of amides is 1. The summed E-state index contributed by atoms with van der Waals surface area (Å²) in [4.78, 5) is 12.3. The van der Waals surface area contributed by atoms with Crippen molar-refractivity contribution in [1.29, 1.82) is 0 Å². The lowest BCUT2D eigenvalue weighted by molar-refractivity contribution is -0.117. The number of carbonyl (C=O) groups excluding carboxylic acids is 1. The van der Waals surface area contributed by atoms with Gasteiger partial charge in [-0.2, -0.15) is 0 Å². The van der Waals surface area contributed by atoms with Gasteiger partial charge in [0.05, 0.1) is 11.4 Å². The van der Waals surface area contributed by atoms with E-state index < -0.39 is 20.5 Å². The largest absolute Gasteiger partial charge is 0.381 e. The van der Waals surface area contributed by atoms with Gasteiger partial charge in [-0.15, -0.1) is 0 Å². The highest BCUT2D eigenvalue weighted by atomic mass is 32.2. The van der Waals surface area contributed by atoms with Crippen LogP contribution in [-0.2, 0) is 21.1 Å². The topological polar surface area (TPSA) is 75.3 Å². The van der Waals surface area contributed by atoms with Crippen LogP contribution >= 0.6 is 0 Å². The Kier molecular flexibility index (Phi) is 4.02. The minimum atomic E-state index is -3.49. The molecule has 0 aliphatic carbocycles. The number of aryl methyl sites for hydroxylation is 1. The van der Waals surface area contributed by atoms with E-state index in [1.165, 1.54) is 13.8 Å². The van der Waals surface area contributed by atoms with E-state index in [2.05, 4.69) is 17.6 Å². The first-order valence-electron chi connectivity index (χ1n) is 7.02. The molecule has 1 atom stereocenters. The van der Waals surface area contributed by atoms with Crippen molar-refractivity contribution >= 4 is 27.1 Å². The third-order valence-electron chi connectivity index (χ3n) is 4.11. The molecule has 1 heterocycles. The quantitative estimate of drug-likeness (QED) is 0.897. The summed E-state index contributed by atoms with van der Waals surface area (Å²) in [6, 6.07) is 6.02. The Morgan fingerprint density at radius 2 is 2.05 bits per heavy atom. The maximum absolute atomic E-state index is 12.3. The molecule has 0 bridgehead atoms. The number of carbonyl (C=O) groups is 1. The second-order valence-corrected chi connectivity index (χ2v) is 8.73. The van der Waals surface area contributed by atoms with Crippen LogP contribution < -0.4 is 10.6 Å². The zero-order valence-corrected chi connectivity index (χ0v) is 13.7. The Hall–Kier alpha value is -1.56. The third kappa shape index (κ3) is 3.05. The van der Waals surface area contributed by atoms with Crippen molar-refractivity contribution < 1.29 is 13.2 Å². The molecule has 0 saturated heterocycles. The van der Waals surface area contributed by atoms with Crippen molar-refractivity contribution in [1.82, 2.24) is 0 Å². The van der Waals surface area contributed by atoms with Gasteiger partial charge in [-0.25, -0.2) is 8.42 Å². The lowest BCUT2D eigenvalue weighted by Gasteiger charge is -2.28. The van der Waals surface area contributed by atoms with Crippen LogP contribution in [0.2, 0.25) is 0 Å². The molecule has 5 nitrogen and oxygen atoms in total. The van der Waals surface area contributed by atoms with Gasteiger partial charge >= 0.3 is 0 Å².